The second kappa shape index (κ2) is 5.86. The molecule has 0 heterocycles. The number of allylic oxidation sites excluding steroid dienone is 2. The second-order valence-electron chi connectivity index (χ2n) is 9.30. The van der Waals surface area contributed by atoms with Crippen molar-refractivity contribution in [3.63, 3.8) is 0 Å². The van der Waals surface area contributed by atoms with E-state index in [1.807, 2.05) is 33.8 Å². The first-order valence-electron chi connectivity index (χ1n) is 8.70. The Kier molecular flexibility index (Phi) is 4.62. The first-order chi connectivity index (χ1) is 10.8. The molecule has 132 valence electrons. The topological polar surface area (TPSA) is 40.5 Å². The van der Waals surface area contributed by atoms with Crippen molar-refractivity contribution in [3.05, 3.63) is 52.6 Å². The van der Waals surface area contributed by atoms with Crippen LogP contribution in [0.1, 0.15) is 65.2 Å². The molecule has 2 atom stereocenters. The minimum atomic E-state index is -1.28. The number of aliphatic hydroxyl groups is 2. The third-order valence-electron chi connectivity index (χ3n) is 5.02. The van der Waals surface area contributed by atoms with E-state index in [2.05, 4.69) is 45.9 Å². The van der Waals surface area contributed by atoms with Crippen LogP contribution in [0.3, 0.4) is 0 Å². The highest BCUT2D eigenvalue weighted by atomic mass is 16.3. The highest BCUT2D eigenvalue weighted by Gasteiger charge is 2.47. The van der Waals surface area contributed by atoms with Crippen molar-refractivity contribution in [2.24, 2.45) is 5.41 Å². The Labute approximate surface area is 146 Å². The van der Waals surface area contributed by atoms with Crippen LogP contribution in [0.5, 0.6) is 0 Å². The van der Waals surface area contributed by atoms with E-state index >= 15 is 0 Å². The Morgan fingerprint density at radius 3 is 2.04 bits per heavy atom. The third kappa shape index (κ3) is 3.36. The van der Waals surface area contributed by atoms with Gasteiger partial charge in [0.05, 0.1) is 0 Å². The Morgan fingerprint density at radius 2 is 1.54 bits per heavy atom. The van der Waals surface area contributed by atoms with Crippen LogP contribution < -0.4 is 0 Å². The summed E-state index contributed by atoms with van der Waals surface area (Å²) in [5, 5.41) is 22.2. The van der Waals surface area contributed by atoms with Crippen molar-refractivity contribution in [1.29, 1.82) is 0 Å². The number of hydrogen-bond acceptors (Lipinski definition) is 2. The molecule has 0 saturated heterocycles. The quantitative estimate of drug-likeness (QED) is 0.779. The Balaban J connectivity index is 2.61. The van der Waals surface area contributed by atoms with Crippen LogP contribution in [0.4, 0.5) is 0 Å². The highest BCUT2D eigenvalue weighted by Crippen LogP contribution is 2.43. The van der Waals surface area contributed by atoms with Crippen molar-refractivity contribution >= 4 is 5.57 Å². The van der Waals surface area contributed by atoms with Crippen molar-refractivity contribution < 1.29 is 10.2 Å². The molecule has 2 N–H and O–H groups in total. The van der Waals surface area contributed by atoms with E-state index in [1.54, 1.807) is 6.08 Å². The Morgan fingerprint density at radius 1 is 0.958 bits per heavy atom. The molecule has 0 spiro atoms. The van der Waals surface area contributed by atoms with Gasteiger partial charge in [-0.1, -0.05) is 77.0 Å². The molecule has 1 aliphatic rings. The molecular weight excluding hydrogens is 296 g/mol. The fourth-order valence-corrected chi connectivity index (χ4v) is 3.28. The van der Waals surface area contributed by atoms with Crippen molar-refractivity contribution in [3.8, 4) is 0 Å². The van der Waals surface area contributed by atoms with E-state index in [1.165, 1.54) is 5.56 Å². The lowest BCUT2D eigenvalue weighted by Crippen LogP contribution is -2.52. The molecule has 0 aliphatic heterocycles. The zero-order chi connectivity index (χ0) is 18.5. The van der Waals surface area contributed by atoms with Crippen LogP contribution in [0.15, 0.2) is 35.9 Å². The summed E-state index contributed by atoms with van der Waals surface area (Å²) in [4.78, 5) is 0. The predicted octanol–water partition coefficient (Wildman–Crippen LogP) is 4.77. The van der Waals surface area contributed by atoms with Gasteiger partial charge in [0, 0.05) is 0 Å². The minimum absolute atomic E-state index is 0.0339. The maximum Gasteiger partial charge on any atom is 0.118 e. The molecule has 0 radical (unpaired) electrons. The Hall–Kier alpha value is -1.38. The van der Waals surface area contributed by atoms with Gasteiger partial charge in [-0.05, 0) is 47.5 Å². The first-order valence-corrected chi connectivity index (χ1v) is 8.70. The monoisotopic (exact) mass is 328 g/mol. The van der Waals surface area contributed by atoms with Crippen LogP contribution in [0.2, 0.25) is 0 Å². The average molecular weight is 328 g/mol. The minimum Gasteiger partial charge on any atom is -0.385 e. The zero-order valence-electron chi connectivity index (χ0n) is 16.4. The lowest BCUT2D eigenvalue weighted by Gasteiger charge is -2.44. The van der Waals surface area contributed by atoms with Gasteiger partial charge in [0.1, 0.15) is 11.7 Å². The van der Waals surface area contributed by atoms with Crippen LogP contribution >= 0.6 is 0 Å². The van der Waals surface area contributed by atoms with Gasteiger partial charge in [0.15, 0.2) is 0 Å². The summed E-state index contributed by atoms with van der Waals surface area (Å²) in [5.41, 5.74) is 3.44. The molecule has 1 aromatic rings. The fraction of sp³-hybridized carbons (Fsp3) is 0.545. The maximum absolute atomic E-state index is 11.2. The number of aryl methyl sites for hydroxylation is 1. The molecule has 0 saturated carbocycles. The van der Waals surface area contributed by atoms with Crippen LogP contribution in [-0.2, 0) is 5.41 Å². The van der Waals surface area contributed by atoms with E-state index in [-0.39, 0.29) is 5.41 Å². The molecular formula is C22H32O2. The highest BCUT2D eigenvalue weighted by molar-refractivity contribution is 5.75. The summed E-state index contributed by atoms with van der Waals surface area (Å²) in [6, 6.07) is 6.42. The standard InChI is InChI=1S/C22H32O2/c1-14-9-16(12-17(10-14)20(3,4)5)18-11-15(2)13-22(24,19(18)23)21(6,7)8/h9-13,19,23-24H,1-8H3. The van der Waals surface area contributed by atoms with Gasteiger partial charge in [-0.3, -0.25) is 0 Å². The lowest BCUT2D eigenvalue weighted by atomic mass is 9.67. The largest absolute Gasteiger partial charge is 0.385 e. The second-order valence-corrected chi connectivity index (χ2v) is 9.30. The van der Waals surface area contributed by atoms with Gasteiger partial charge >= 0.3 is 0 Å². The molecule has 1 aliphatic carbocycles. The lowest BCUT2D eigenvalue weighted by molar-refractivity contribution is -0.0844. The summed E-state index contributed by atoms with van der Waals surface area (Å²) in [5.74, 6) is 0. The molecule has 0 aromatic heterocycles. The van der Waals surface area contributed by atoms with Gasteiger partial charge in [0.25, 0.3) is 0 Å². The van der Waals surface area contributed by atoms with Gasteiger partial charge < -0.3 is 10.2 Å². The number of rotatable bonds is 1. The van der Waals surface area contributed by atoms with Gasteiger partial charge in [0.2, 0.25) is 0 Å². The molecule has 2 nitrogen and oxygen atoms in total. The molecule has 0 bridgehead atoms. The van der Waals surface area contributed by atoms with E-state index in [0.717, 1.165) is 22.3 Å². The summed E-state index contributed by atoms with van der Waals surface area (Å²) in [7, 11) is 0. The van der Waals surface area contributed by atoms with Crippen LogP contribution in [0.25, 0.3) is 5.57 Å². The van der Waals surface area contributed by atoms with E-state index < -0.39 is 17.1 Å². The average Bonchev–Trinajstić information content (AvgIpc) is 2.40. The number of aliphatic hydroxyl groups excluding tert-OH is 1. The predicted molar refractivity (Wildman–Crippen MR) is 102 cm³/mol. The summed E-state index contributed by atoms with van der Waals surface area (Å²) >= 11 is 0. The zero-order valence-corrected chi connectivity index (χ0v) is 16.4. The third-order valence-corrected chi connectivity index (χ3v) is 5.02. The van der Waals surface area contributed by atoms with Gasteiger partial charge in [-0.15, -0.1) is 0 Å². The van der Waals surface area contributed by atoms with Crippen LogP contribution in [-0.4, -0.2) is 21.9 Å². The normalized spacial score (nSPS) is 25.3. The number of benzene rings is 1. The van der Waals surface area contributed by atoms with E-state index in [4.69, 9.17) is 0 Å². The molecule has 2 heteroatoms. The molecule has 0 amide bonds. The number of hydrogen-bond donors (Lipinski definition) is 2. The van der Waals surface area contributed by atoms with Crippen molar-refractivity contribution in [1.82, 2.24) is 0 Å². The smallest absolute Gasteiger partial charge is 0.118 e. The summed E-state index contributed by atoms with van der Waals surface area (Å²) < 4.78 is 0. The van der Waals surface area contributed by atoms with E-state index in [9.17, 15) is 10.2 Å². The first kappa shape index (κ1) is 19.0. The molecule has 1 aromatic carbocycles. The van der Waals surface area contributed by atoms with Crippen molar-refractivity contribution in [2.45, 2.75) is 72.5 Å². The van der Waals surface area contributed by atoms with E-state index in [0.29, 0.717) is 0 Å². The van der Waals surface area contributed by atoms with Gasteiger partial charge in [-0.2, -0.15) is 0 Å². The molecule has 2 rings (SSSR count). The Bertz CT molecular complexity index is 696. The SMILES string of the molecule is CC1=CC(O)(C(C)(C)C)C(O)C(c2cc(C)cc(C(C)(C)C)c2)=C1. The summed E-state index contributed by atoms with van der Waals surface area (Å²) in [6.07, 6.45) is 2.84. The molecule has 0 fully saturated rings. The van der Waals surface area contributed by atoms with Gasteiger partial charge in [-0.25, -0.2) is 0 Å². The summed E-state index contributed by atoms with van der Waals surface area (Å²) in [6.45, 7) is 16.5. The maximum atomic E-state index is 11.2. The molecule has 2 unspecified atom stereocenters. The van der Waals surface area contributed by atoms with Crippen LogP contribution in [0, 0.1) is 12.3 Å². The molecule has 24 heavy (non-hydrogen) atoms. The fourth-order valence-electron chi connectivity index (χ4n) is 3.28. The van der Waals surface area contributed by atoms with Crippen molar-refractivity contribution in [2.75, 3.05) is 0 Å².